The third kappa shape index (κ3) is 3.70. The minimum absolute atomic E-state index is 0.0894. The van der Waals surface area contributed by atoms with Gasteiger partial charge in [0, 0.05) is 53.0 Å². The average molecular weight is 388 g/mol. The highest BCUT2D eigenvalue weighted by Gasteiger charge is 2.39. The van der Waals surface area contributed by atoms with Gasteiger partial charge in [0.2, 0.25) is 0 Å². The molecule has 2 aliphatic rings. The second-order valence-corrected chi connectivity index (χ2v) is 7.83. The number of rotatable bonds is 3. The van der Waals surface area contributed by atoms with Crippen LogP contribution < -0.4 is 10.6 Å². The standard InChI is InChI=1S/C23H24N4O2/c1-13-10-17-22(18(28)11-13)21(16-7-5-9-24-12-16)20(15(3)26-17)23(29)27-19-8-4-6-14(2)25-19/h4-9,12-13,21,26H,10-11H2,1-3H3,(H,25,27,29). The van der Waals surface area contributed by atoms with Crippen molar-refractivity contribution in [2.75, 3.05) is 5.32 Å². The number of nitrogens with zero attached hydrogens (tertiary/aromatic N) is 2. The van der Waals surface area contributed by atoms with Crippen LogP contribution in [0.15, 0.2) is 65.3 Å². The van der Waals surface area contributed by atoms with Gasteiger partial charge in [-0.15, -0.1) is 0 Å². The largest absolute Gasteiger partial charge is 0.362 e. The molecule has 6 nitrogen and oxygen atoms in total. The first-order valence-corrected chi connectivity index (χ1v) is 9.83. The summed E-state index contributed by atoms with van der Waals surface area (Å²) >= 11 is 0. The van der Waals surface area contributed by atoms with Crippen molar-refractivity contribution in [1.29, 1.82) is 0 Å². The van der Waals surface area contributed by atoms with Crippen LogP contribution in [0.3, 0.4) is 0 Å². The SMILES string of the molecule is CC1=C(C(=O)Nc2cccc(C)n2)C(c2cccnc2)C2=C(CC(C)CC2=O)N1. The summed E-state index contributed by atoms with van der Waals surface area (Å²) in [7, 11) is 0. The number of amides is 1. The molecule has 0 radical (unpaired) electrons. The summed E-state index contributed by atoms with van der Waals surface area (Å²) in [5.41, 5.74) is 4.55. The Kier molecular flexibility index (Phi) is 5.01. The van der Waals surface area contributed by atoms with E-state index in [0.29, 0.717) is 23.4 Å². The van der Waals surface area contributed by atoms with Crippen molar-refractivity contribution < 1.29 is 9.59 Å². The zero-order chi connectivity index (χ0) is 20.5. The van der Waals surface area contributed by atoms with Crippen molar-refractivity contribution in [3.05, 3.63) is 76.5 Å². The molecular weight excluding hydrogens is 364 g/mol. The molecule has 2 aromatic heterocycles. The number of nitrogens with one attached hydrogen (secondary N) is 2. The minimum Gasteiger partial charge on any atom is -0.362 e. The molecule has 148 valence electrons. The van der Waals surface area contributed by atoms with E-state index in [-0.39, 0.29) is 17.6 Å². The van der Waals surface area contributed by atoms with Crippen molar-refractivity contribution in [1.82, 2.24) is 15.3 Å². The van der Waals surface area contributed by atoms with Crippen LogP contribution in [-0.4, -0.2) is 21.7 Å². The Labute approximate surface area is 170 Å². The first kappa shape index (κ1) is 19.1. The molecule has 29 heavy (non-hydrogen) atoms. The molecular formula is C23H24N4O2. The summed E-state index contributed by atoms with van der Waals surface area (Å²) in [6.07, 6.45) is 4.71. The van der Waals surface area contributed by atoms with Crippen molar-refractivity contribution in [3.63, 3.8) is 0 Å². The number of dihydropyridines is 1. The Bertz CT molecular complexity index is 1040. The number of aryl methyl sites for hydroxylation is 1. The summed E-state index contributed by atoms with van der Waals surface area (Å²) in [6, 6.07) is 9.24. The smallest absolute Gasteiger partial charge is 0.255 e. The number of ketones is 1. The number of hydrogen-bond acceptors (Lipinski definition) is 5. The lowest BCUT2D eigenvalue weighted by Crippen LogP contribution is -2.37. The van der Waals surface area contributed by atoms with E-state index in [0.717, 1.165) is 29.1 Å². The van der Waals surface area contributed by atoms with Crippen molar-refractivity contribution >= 4 is 17.5 Å². The van der Waals surface area contributed by atoms with Gasteiger partial charge in [-0.2, -0.15) is 0 Å². The normalized spacial score (nSPS) is 21.6. The molecule has 2 N–H and O–H groups in total. The fraction of sp³-hybridized carbons (Fsp3) is 0.304. The van der Waals surface area contributed by atoms with E-state index >= 15 is 0 Å². The molecule has 2 atom stereocenters. The number of hydrogen-bond donors (Lipinski definition) is 2. The molecule has 0 bridgehead atoms. The molecule has 6 heteroatoms. The topological polar surface area (TPSA) is 84.0 Å². The van der Waals surface area contributed by atoms with E-state index in [9.17, 15) is 9.59 Å². The summed E-state index contributed by atoms with van der Waals surface area (Å²) < 4.78 is 0. The maximum Gasteiger partial charge on any atom is 0.255 e. The van der Waals surface area contributed by atoms with Crippen LogP contribution in [0, 0.1) is 12.8 Å². The molecule has 2 unspecified atom stereocenters. The maximum absolute atomic E-state index is 13.3. The van der Waals surface area contributed by atoms with Crippen LogP contribution in [0.4, 0.5) is 5.82 Å². The van der Waals surface area contributed by atoms with E-state index in [1.54, 1.807) is 18.5 Å². The monoisotopic (exact) mass is 388 g/mol. The van der Waals surface area contributed by atoms with E-state index < -0.39 is 5.92 Å². The number of carbonyl (C=O) groups excluding carboxylic acids is 2. The van der Waals surface area contributed by atoms with E-state index in [1.165, 1.54) is 0 Å². The van der Waals surface area contributed by atoms with Gasteiger partial charge in [0.1, 0.15) is 5.82 Å². The summed E-state index contributed by atoms with van der Waals surface area (Å²) in [5.74, 6) is 0.155. The highest BCUT2D eigenvalue weighted by Crippen LogP contribution is 2.43. The molecule has 1 aliphatic carbocycles. The Balaban J connectivity index is 1.78. The lowest BCUT2D eigenvalue weighted by molar-refractivity contribution is -0.117. The number of Topliss-reactive ketones (excluding diaryl/α,β-unsaturated/α-hetero) is 1. The second-order valence-electron chi connectivity index (χ2n) is 7.83. The molecule has 2 aromatic rings. The van der Waals surface area contributed by atoms with Crippen LogP contribution in [-0.2, 0) is 9.59 Å². The lowest BCUT2D eigenvalue weighted by atomic mass is 9.73. The molecule has 1 aliphatic heterocycles. The van der Waals surface area contributed by atoms with Crippen LogP contribution in [0.25, 0.3) is 0 Å². The van der Waals surface area contributed by atoms with Gasteiger partial charge in [-0.05, 0) is 49.9 Å². The minimum atomic E-state index is -0.440. The van der Waals surface area contributed by atoms with Gasteiger partial charge in [-0.3, -0.25) is 14.6 Å². The highest BCUT2D eigenvalue weighted by atomic mass is 16.2. The summed E-state index contributed by atoms with van der Waals surface area (Å²) in [6.45, 7) is 5.84. The second kappa shape index (κ2) is 7.62. The van der Waals surface area contributed by atoms with Gasteiger partial charge in [0.15, 0.2) is 5.78 Å². The number of allylic oxidation sites excluding steroid dienone is 3. The van der Waals surface area contributed by atoms with Gasteiger partial charge in [-0.1, -0.05) is 19.1 Å². The Morgan fingerprint density at radius 2 is 2.00 bits per heavy atom. The van der Waals surface area contributed by atoms with E-state index in [4.69, 9.17) is 0 Å². The van der Waals surface area contributed by atoms with Crippen molar-refractivity contribution in [3.8, 4) is 0 Å². The van der Waals surface area contributed by atoms with Crippen LogP contribution in [0.1, 0.15) is 43.9 Å². The first-order valence-electron chi connectivity index (χ1n) is 9.83. The van der Waals surface area contributed by atoms with Crippen LogP contribution in [0.2, 0.25) is 0 Å². The Morgan fingerprint density at radius 3 is 2.72 bits per heavy atom. The molecule has 0 saturated heterocycles. The highest BCUT2D eigenvalue weighted by molar-refractivity contribution is 6.09. The fourth-order valence-corrected chi connectivity index (χ4v) is 4.21. The molecule has 4 rings (SSSR count). The van der Waals surface area contributed by atoms with Gasteiger partial charge < -0.3 is 10.6 Å². The predicted molar refractivity (Wildman–Crippen MR) is 111 cm³/mol. The Hall–Kier alpha value is -3.28. The van der Waals surface area contributed by atoms with Gasteiger partial charge in [0.25, 0.3) is 5.91 Å². The Morgan fingerprint density at radius 1 is 1.17 bits per heavy atom. The molecule has 0 saturated carbocycles. The summed E-state index contributed by atoms with van der Waals surface area (Å²) in [4.78, 5) is 34.9. The zero-order valence-electron chi connectivity index (χ0n) is 16.8. The van der Waals surface area contributed by atoms with Crippen molar-refractivity contribution in [2.24, 2.45) is 5.92 Å². The number of carbonyl (C=O) groups is 2. The molecule has 1 amide bonds. The third-order valence-electron chi connectivity index (χ3n) is 5.42. The molecule has 3 heterocycles. The van der Waals surface area contributed by atoms with Crippen molar-refractivity contribution in [2.45, 2.75) is 39.5 Å². The van der Waals surface area contributed by atoms with Gasteiger partial charge >= 0.3 is 0 Å². The zero-order valence-corrected chi connectivity index (χ0v) is 16.8. The van der Waals surface area contributed by atoms with Gasteiger partial charge in [0.05, 0.1) is 0 Å². The number of anilines is 1. The van der Waals surface area contributed by atoms with Crippen LogP contribution >= 0.6 is 0 Å². The number of pyridine rings is 2. The third-order valence-corrected chi connectivity index (χ3v) is 5.42. The molecule has 0 fully saturated rings. The fourth-order valence-electron chi connectivity index (χ4n) is 4.21. The quantitative estimate of drug-likeness (QED) is 0.839. The predicted octanol–water partition coefficient (Wildman–Crippen LogP) is 3.64. The average Bonchev–Trinajstić information content (AvgIpc) is 2.67. The maximum atomic E-state index is 13.3. The number of aromatic nitrogens is 2. The van der Waals surface area contributed by atoms with Crippen LogP contribution in [0.5, 0.6) is 0 Å². The van der Waals surface area contributed by atoms with Gasteiger partial charge in [-0.25, -0.2) is 4.98 Å². The van der Waals surface area contributed by atoms with E-state index in [1.807, 2.05) is 38.1 Å². The molecule has 0 aromatic carbocycles. The summed E-state index contributed by atoms with van der Waals surface area (Å²) in [5, 5.41) is 6.24. The first-order chi connectivity index (χ1) is 13.9. The molecule has 0 spiro atoms. The lowest BCUT2D eigenvalue weighted by Gasteiger charge is -2.36. The van der Waals surface area contributed by atoms with E-state index in [2.05, 4.69) is 27.5 Å².